The maximum absolute atomic E-state index is 13.2. The summed E-state index contributed by atoms with van der Waals surface area (Å²) in [6.45, 7) is 0.964. The van der Waals surface area contributed by atoms with Crippen LogP contribution in [-0.4, -0.2) is 53.0 Å². The lowest BCUT2D eigenvalue weighted by molar-refractivity contribution is -0.385. The van der Waals surface area contributed by atoms with Crippen molar-refractivity contribution in [3.05, 3.63) is 57.9 Å². The van der Waals surface area contributed by atoms with Crippen LogP contribution in [0.4, 0.5) is 5.69 Å². The molecule has 4 rings (SSSR count). The molecule has 0 spiro atoms. The predicted molar refractivity (Wildman–Crippen MR) is 110 cm³/mol. The summed E-state index contributed by atoms with van der Waals surface area (Å²) in [5.41, 5.74) is 1.52. The van der Waals surface area contributed by atoms with E-state index in [1.54, 1.807) is 4.90 Å². The number of hydrogen-bond donors (Lipinski definition) is 1. The molecule has 0 bridgehead atoms. The molecule has 30 heavy (non-hydrogen) atoms. The highest BCUT2D eigenvalue weighted by Gasteiger charge is 2.32. The summed E-state index contributed by atoms with van der Waals surface area (Å²) in [7, 11) is 2.82. The Morgan fingerprint density at radius 3 is 2.67 bits per heavy atom. The number of ether oxygens (including phenoxy) is 2. The number of amides is 1. The van der Waals surface area contributed by atoms with Crippen LogP contribution in [0, 0.1) is 10.1 Å². The second-order valence-corrected chi connectivity index (χ2v) is 7.21. The highest BCUT2D eigenvalue weighted by atomic mass is 16.6. The molecular weight excluding hydrogens is 388 g/mol. The van der Waals surface area contributed by atoms with Crippen molar-refractivity contribution < 1.29 is 19.2 Å². The van der Waals surface area contributed by atoms with E-state index in [1.165, 1.54) is 26.4 Å². The number of aromatic amines is 1. The van der Waals surface area contributed by atoms with Gasteiger partial charge < -0.3 is 19.4 Å². The van der Waals surface area contributed by atoms with Crippen LogP contribution in [0.3, 0.4) is 0 Å². The van der Waals surface area contributed by atoms with E-state index in [0.29, 0.717) is 13.1 Å². The van der Waals surface area contributed by atoms with E-state index in [2.05, 4.69) is 9.97 Å². The topological polar surface area (TPSA) is 111 Å². The summed E-state index contributed by atoms with van der Waals surface area (Å²) in [6, 6.07) is 10.4. The predicted octanol–water partition coefficient (Wildman–Crippen LogP) is 3.51. The summed E-state index contributed by atoms with van der Waals surface area (Å²) in [5, 5.41) is 11.6. The highest BCUT2D eigenvalue weighted by molar-refractivity contribution is 5.99. The summed E-state index contributed by atoms with van der Waals surface area (Å²) in [6.07, 6.45) is 1.67. The van der Waals surface area contributed by atoms with Crippen LogP contribution < -0.4 is 9.47 Å². The van der Waals surface area contributed by atoms with Crippen molar-refractivity contribution in [1.82, 2.24) is 14.9 Å². The molecule has 1 fully saturated rings. The minimum atomic E-state index is -0.574. The third kappa shape index (κ3) is 3.54. The van der Waals surface area contributed by atoms with Gasteiger partial charge in [-0.2, -0.15) is 0 Å². The molecule has 1 N–H and O–H groups in total. The van der Waals surface area contributed by atoms with Crippen molar-refractivity contribution in [1.29, 1.82) is 0 Å². The summed E-state index contributed by atoms with van der Waals surface area (Å²) in [4.78, 5) is 33.9. The fourth-order valence-corrected chi connectivity index (χ4v) is 3.91. The molecule has 3 aromatic rings. The van der Waals surface area contributed by atoms with Crippen molar-refractivity contribution >= 4 is 22.6 Å². The van der Waals surface area contributed by atoms with Crippen molar-refractivity contribution in [2.24, 2.45) is 0 Å². The van der Waals surface area contributed by atoms with Crippen molar-refractivity contribution in [3.8, 4) is 11.5 Å². The molecule has 0 aliphatic carbocycles. The first-order chi connectivity index (χ1) is 14.5. The van der Waals surface area contributed by atoms with Crippen molar-refractivity contribution in [2.45, 2.75) is 18.8 Å². The number of rotatable bonds is 5. The molecule has 1 aromatic heterocycles. The van der Waals surface area contributed by atoms with Crippen LogP contribution >= 0.6 is 0 Å². The molecule has 2 aromatic carbocycles. The van der Waals surface area contributed by atoms with E-state index in [9.17, 15) is 14.9 Å². The molecule has 1 aliphatic rings. The maximum atomic E-state index is 13.2. The maximum Gasteiger partial charge on any atom is 0.286 e. The molecule has 9 heteroatoms. The van der Waals surface area contributed by atoms with Gasteiger partial charge in [0.05, 0.1) is 36.2 Å². The zero-order valence-corrected chi connectivity index (χ0v) is 16.8. The number of nitro groups is 1. The van der Waals surface area contributed by atoms with Crippen LogP contribution in [0.1, 0.15) is 34.9 Å². The molecule has 0 saturated carbocycles. The van der Waals surface area contributed by atoms with Gasteiger partial charge in [0.15, 0.2) is 11.5 Å². The van der Waals surface area contributed by atoms with Crippen LogP contribution in [0.25, 0.3) is 11.0 Å². The SMILES string of the molecule is COc1cc(C(=O)N2CCC[C@@H](c3nc4ccccc4[nH]3)C2)c([N+](=O)[O-])cc1OC. The van der Waals surface area contributed by atoms with Gasteiger partial charge >= 0.3 is 0 Å². The number of carbonyl (C=O) groups is 1. The third-order valence-electron chi connectivity index (χ3n) is 5.43. The first-order valence-corrected chi connectivity index (χ1v) is 9.66. The number of nitrogens with zero attached hydrogens (tertiary/aromatic N) is 3. The second kappa shape index (κ2) is 8.02. The first-order valence-electron chi connectivity index (χ1n) is 9.66. The zero-order valence-electron chi connectivity index (χ0n) is 16.8. The number of aromatic nitrogens is 2. The Morgan fingerprint density at radius 2 is 1.97 bits per heavy atom. The van der Waals surface area contributed by atoms with Gasteiger partial charge in [-0.15, -0.1) is 0 Å². The zero-order chi connectivity index (χ0) is 21.3. The largest absolute Gasteiger partial charge is 0.493 e. The molecular formula is C21H22N4O5. The van der Waals surface area contributed by atoms with Crippen LogP contribution in [-0.2, 0) is 0 Å². The second-order valence-electron chi connectivity index (χ2n) is 7.21. The Labute approximate surface area is 172 Å². The lowest BCUT2D eigenvalue weighted by atomic mass is 9.96. The Hall–Kier alpha value is -3.62. The molecule has 2 heterocycles. The summed E-state index contributed by atoms with van der Waals surface area (Å²) in [5.74, 6) is 0.949. The van der Waals surface area contributed by atoms with Crippen LogP contribution in [0.5, 0.6) is 11.5 Å². The van der Waals surface area contributed by atoms with E-state index in [-0.39, 0.29) is 28.7 Å². The van der Waals surface area contributed by atoms with Crippen LogP contribution in [0.2, 0.25) is 0 Å². The lowest BCUT2D eigenvalue weighted by Gasteiger charge is -2.32. The van der Waals surface area contributed by atoms with Gasteiger partial charge in [-0.05, 0) is 25.0 Å². The monoisotopic (exact) mass is 410 g/mol. The van der Waals surface area contributed by atoms with E-state index >= 15 is 0 Å². The number of nitro benzene ring substituents is 1. The normalized spacial score (nSPS) is 16.5. The lowest BCUT2D eigenvalue weighted by Crippen LogP contribution is -2.39. The number of piperidine rings is 1. The Bertz CT molecular complexity index is 1080. The fraction of sp³-hybridized carbons (Fsp3) is 0.333. The standard InChI is InChI=1S/C21H22N4O5/c1-29-18-10-14(17(25(27)28)11-19(18)30-2)21(26)24-9-5-6-13(12-24)20-22-15-7-3-4-8-16(15)23-20/h3-4,7-8,10-11,13H,5-6,9,12H2,1-2H3,(H,22,23)/t13-/m1/s1. The molecule has 0 radical (unpaired) electrons. The van der Waals surface area contributed by atoms with Gasteiger partial charge in [0.2, 0.25) is 0 Å². The van der Waals surface area contributed by atoms with E-state index in [1.807, 2.05) is 24.3 Å². The number of fused-ring (bicyclic) bond motifs is 1. The minimum absolute atomic E-state index is 0.0112. The fourth-order valence-electron chi connectivity index (χ4n) is 3.91. The molecule has 156 valence electrons. The molecule has 9 nitrogen and oxygen atoms in total. The average molecular weight is 410 g/mol. The summed E-state index contributed by atoms with van der Waals surface area (Å²) >= 11 is 0. The van der Waals surface area contributed by atoms with Gasteiger partial charge in [0, 0.05) is 25.1 Å². The highest BCUT2D eigenvalue weighted by Crippen LogP contribution is 2.36. The first kappa shape index (κ1) is 19.7. The number of methoxy groups -OCH3 is 2. The number of carbonyl (C=O) groups excluding carboxylic acids is 1. The number of benzene rings is 2. The number of H-pyrrole nitrogens is 1. The Balaban J connectivity index is 1.63. The van der Waals surface area contributed by atoms with Gasteiger partial charge in [0.1, 0.15) is 11.4 Å². The number of likely N-dealkylation sites (tertiary alicyclic amines) is 1. The minimum Gasteiger partial charge on any atom is -0.493 e. The third-order valence-corrected chi connectivity index (χ3v) is 5.43. The summed E-state index contributed by atoms with van der Waals surface area (Å²) < 4.78 is 10.4. The molecule has 1 amide bonds. The Kier molecular flexibility index (Phi) is 5.26. The number of para-hydroxylation sites is 2. The van der Waals surface area contributed by atoms with E-state index < -0.39 is 10.8 Å². The molecule has 0 unspecified atom stereocenters. The van der Waals surface area contributed by atoms with Crippen molar-refractivity contribution in [3.63, 3.8) is 0 Å². The van der Waals surface area contributed by atoms with E-state index in [4.69, 9.17) is 9.47 Å². The van der Waals surface area contributed by atoms with Gasteiger partial charge in [-0.1, -0.05) is 12.1 Å². The smallest absolute Gasteiger partial charge is 0.286 e. The van der Waals surface area contributed by atoms with Crippen molar-refractivity contribution in [2.75, 3.05) is 27.3 Å². The molecule has 1 atom stereocenters. The number of nitrogens with one attached hydrogen (secondary N) is 1. The van der Waals surface area contributed by atoms with Gasteiger partial charge in [-0.25, -0.2) is 4.98 Å². The quantitative estimate of drug-likeness (QED) is 0.509. The average Bonchev–Trinajstić information content (AvgIpc) is 3.22. The van der Waals surface area contributed by atoms with Crippen LogP contribution in [0.15, 0.2) is 36.4 Å². The van der Waals surface area contributed by atoms with Gasteiger partial charge in [-0.3, -0.25) is 14.9 Å². The molecule has 1 saturated heterocycles. The number of hydrogen-bond acceptors (Lipinski definition) is 6. The molecule has 1 aliphatic heterocycles. The van der Waals surface area contributed by atoms with E-state index in [0.717, 1.165) is 29.7 Å². The van der Waals surface area contributed by atoms with Gasteiger partial charge in [0.25, 0.3) is 11.6 Å². The number of imidazole rings is 1. The Morgan fingerprint density at radius 1 is 1.23 bits per heavy atom.